The number of carbonyl (C=O) groups is 1. The van der Waals surface area contributed by atoms with Gasteiger partial charge in [-0.05, 0) is 11.6 Å². The van der Waals surface area contributed by atoms with Gasteiger partial charge in [0.05, 0.1) is 0 Å². The molecule has 1 nitrogen and oxygen atoms in total. The van der Waals surface area contributed by atoms with E-state index in [2.05, 4.69) is 0 Å². The number of benzene rings is 1. The molecule has 0 aliphatic heterocycles. The average Bonchev–Trinajstić information content (AvgIpc) is 2.03. The molecule has 0 aromatic heterocycles. The van der Waals surface area contributed by atoms with Gasteiger partial charge in [0.15, 0.2) is 0 Å². The van der Waals surface area contributed by atoms with Crippen molar-refractivity contribution in [2.45, 2.75) is 0 Å². The quantitative estimate of drug-likeness (QED) is 0.358. The van der Waals surface area contributed by atoms with Gasteiger partial charge in [-0.1, -0.05) is 36.4 Å². The summed E-state index contributed by atoms with van der Waals surface area (Å²) < 4.78 is 0. The molecule has 0 atom stereocenters. The van der Waals surface area contributed by atoms with Crippen LogP contribution in [-0.4, -0.2) is 35.8 Å². The molecule has 0 spiro atoms. The minimum atomic E-state index is 0. The van der Waals surface area contributed by atoms with E-state index in [4.69, 9.17) is 0 Å². The van der Waals surface area contributed by atoms with E-state index in [1.807, 2.05) is 30.3 Å². The molecule has 1 aromatic rings. The van der Waals surface area contributed by atoms with Crippen LogP contribution in [-0.2, 0) is 4.79 Å². The Morgan fingerprint density at radius 3 is 2.27 bits per heavy atom. The van der Waals surface area contributed by atoms with Crippen LogP contribution in [0.3, 0.4) is 0 Å². The zero-order valence-electron chi connectivity index (χ0n) is 5.53. The Bertz CT molecular complexity index is 229. The summed E-state index contributed by atoms with van der Waals surface area (Å²) in [6.07, 6.45) is 4.02. The van der Waals surface area contributed by atoms with Crippen LogP contribution in [0.4, 0.5) is 0 Å². The average molecular weight is 156 g/mol. The molecule has 1 rings (SSSR count). The summed E-state index contributed by atoms with van der Waals surface area (Å²) in [5, 5.41) is 0. The van der Waals surface area contributed by atoms with Crippen molar-refractivity contribution in [1.29, 1.82) is 0 Å². The predicted molar refractivity (Wildman–Crippen MR) is 48.7 cm³/mol. The molecule has 1 aromatic carbocycles. The third-order valence-electron chi connectivity index (χ3n) is 1.17. The Balaban J connectivity index is 0.000001000. The van der Waals surface area contributed by atoms with Gasteiger partial charge in [-0.15, -0.1) is 0 Å². The molecule has 0 heterocycles. The van der Waals surface area contributed by atoms with Crippen LogP contribution in [0.15, 0.2) is 36.4 Å². The molecule has 0 N–H and O–H groups in total. The third kappa shape index (κ3) is 4.14. The number of hydrogen-bond acceptors (Lipinski definition) is 1. The van der Waals surface area contributed by atoms with Crippen LogP contribution < -0.4 is 0 Å². The van der Waals surface area contributed by atoms with Crippen LogP contribution in [0, 0.1) is 0 Å². The zero-order valence-corrected chi connectivity index (χ0v) is 5.53. The van der Waals surface area contributed by atoms with Crippen LogP contribution in [0.25, 0.3) is 6.08 Å². The van der Waals surface area contributed by atoms with E-state index in [9.17, 15) is 4.79 Å². The normalized spacial score (nSPS) is 9.09. The topological polar surface area (TPSA) is 17.1 Å². The monoisotopic (exact) mass is 156 g/mol. The molecule has 0 saturated carbocycles. The van der Waals surface area contributed by atoms with Gasteiger partial charge in [-0.25, -0.2) is 0 Å². The molecule has 0 fully saturated rings. The second kappa shape index (κ2) is 6.35. The minimum absolute atomic E-state index is 0. The van der Waals surface area contributed by atoms with Gasteiger partial charge >= 0.3 is 29.6 Å². The number of carbonyl (C=O) groups excluding carboxylic acids is 1. The predicted octanol–water partition coefficient (Wildman–Crippen LogP) is 1.25. The van der Waals surface area contributed by atoms with Gasteiger partial charge in [-0.3, -0.25) is 4.79 Å². The van der Waals surface area contributed by atoms with Gasteiger partial charge in [0.25, 0.3) is 0 Å². The molecule has 0 aliphatic carbocycles. The van der Waals surface area contributed by atoms with Crippen molar-refractivity contribution in [3.05, 3.63) is 42.0 Å². The van der Waals surface area contributed by atoms with E-state index in [0.29, 0.717) is 0 Å². The van der Waals surface area contributed by atoms with E-state index in [1.165, 1.54) is 6.08 Å². The summed E-state index contributed by atoms with van der Waals surface area (Å²) in [6, 6.07) is 9.70. The van der Waals surface area contributed by atoms with Gasteiger partial charge in [-0.2, -0.15) is 0 Å². The zero-order chi connectivity index (χ0) is 7.23. The maximum absolute atomic E-state index is 9.89. The summed E-state index contributed by atoms with van der Waals surface area (Å²) in [6.45, 7) is 0. The fourth-order valence-electron chi connectivity index (χ4n) is 0.715. The summed E-state index contributed by atoms with van der Waals surface area (Å²) in [5.74, 6) is 0. The number of aldehydes is 1. The fourth-order valence-corrected chi connectivity index (χ4v) is 0.715. The molecule has 0 bridgehead atoms. The van der Waals surface area contributed by atoms with Gasteiger partial charge in [0.1, 0.15) is 6.29 Å². The van der Waals surface area contributed by atoms with Crippen molar-refractivity contribution in [2.75, 3.05) is 0 Å². The van der Waals surface area contributed by atoms with Crippen molar-refractivity contribution < 1.29 is 4.79 Å². The number of hydrogen-bond donors (Lipinski definition) is 0. The molecule has 0 unspecified atom stereocenters. The van der Waals surface area contributed by atoms with Crippen molar-refractivity contribution >= 4 is 41.9 Å². The van der Waals surface area contributed by atoms with Crippen LogP contribution in [0.5, 0.6) is 0 Å². The fraction of sp³-hybridized carbons (Fsp3) is 0. The second-order valence-electron chi connectivity index (χ2n) is 1.91. The molecule has 11 heavy (non-hydrogen) atoms. The summed E-state index contributed by atoms with van der Waals surface area (Å²) >= 11 is 0. The molecule has 0 amide bonds. The van der Waals surface area contributed by atoms with Crippen molar-refractivity contribution in [3.63, 3.8) is 0 Å². The molecular formula is C9H9NaO. The summed E-state index contributed by atoms with van der Waals surface area (Å²) in [5.41, 5.74) is 1.05. The van der Waals surface area contributed by atoms with E-state index < -0.39 is 0 Å². The van der Waals surface area contributed by atoms with Crippen LogP contribution in [0.1, 0.15) is 5.56 Å². The Kier molecular flexibility index (Phi) is 6.13. The Morgan fingerprint density at radius 1 is 1.09 bits per heavy atom. The van der Waals surface area contributed by atoms with E-state index in [-0.39, 0.29) is 29.6 Å². The first kappa shape index (κ1) is 10.6. The molecule has 2 heteroatoms. The second-order valence-corrected chi connectivity index (χ2v) is 1.91. The molecule has 0 aliphatic rings. The number of allylic oxidation sites excluding steroid dienone is 1. The summed E-state index contributed by atoms with van der Waals surface area (Å²) in [4.78, 5) is 9.89. The Labute approximate surface area is 88.4 Å². The Hall–Kier alpha value is -0.370. The first-order chi connectivity index (χ1) is 4.93. The van der Waals surface area contributed by atoms with Crippen LogP contribution >= 0.6 is 0 Å². The summed E-state index contributed by atoms with van der Waals surface area (Å²) in [7, 11) is 0. The van der Waals surface area contributed by atoms with Crippen molar-refractivity contribution in [1.82, 2.24) is 0 Å². The van der Waals surface area contributed by atoms with Crippen molar-refractivity contribution in [3.8, 4) is 0 Å². The molecule has 0 radical (unpaired) electrons. The van der Waals surface area contributed by atoms with Crippen LogP contribution in [0.2, 0.25) is 0 Å². The SMILES string of the molecule is O=CC=Cc1ccccc1.[NaH]. The van der Waals surface area contributed by atoms with Gasteiger partial charge < -0.3 is 0 Å². The van der Waals surface area contributed by atoms with Gasteiger partial charge in [0, 0.05) is 0 Å². The van der Waals surface area contributed by atoms with E-state index in [0.717, 1.165) is 11.8 Å². The third-order valence-corrected chi connectivity index (χ3v) is 1.17. The molecule has 0 saturated heterocycles. The van der Waals surface area contributed by atoms with E-state index >= 15 is 0 Å². The first-order valence-corrected chi connectivity index (χ1v) is 3.10. The maximum atomic E-state index is 9.89. The standard InChI is InChI=1S/C9H8O.Na.H/c10-8-4-7-9-5-2-1-3-6-9;;/h1-8H;;. The number of rotatable bonds is 2. The molecule has 52 valence electrons. The Morgan fingerprint density at radius 2 is 1.73 bits per heavy atom. The first-order valence-electron chi connectivity index (χ1n) is 3.10. The molecular weight excluding hydrogens is 147 g/mol. The van der Waals surface area contributed by atoms with Crippen molar-refractivity contribution in [2.24, 2.45) is 0 Å². The van der Waals surface area contributed by atoms with Gasteiger partial charge in [0.2, 0.25) is 0 Å². The van der Waals surface area contributed by atoms with E-state index in [1.54, 1.807) is 6.08 Å².